The van der Waals surface area contributed by atoms with Gasteiger partial charge in [0.2, 0.25) is 0 Å². The Morgan fingerprint density at radius 2 is 1.89 bits per heavy atom. The summed E-state index contributed by atoms with van der Waals surface area (Å²) in [5.41, 5.74) is 0.925. The van der Waals surface area contributed by atoms with Crippen LogP contribution in [0.4, 0.5) is 5.69 Å². The first-order chi connectivity index (χ1) is 8.99. The lowest BCUT2D eigenvalue weighted by atomic mass is 10.2. The van der Waals surface area contributed by atoms with E-state index < -0.39 is 5.97 Å². The van der Waals surface area contributed by atoms with E-state index in [-0.39, 0.29) is 12.5 Å². The molecule has 0 aliphatic heterocycles. The highest BCUT2D eigenvalue weighted by atomic mass is 16.5. The van der Waals surface area contributed by atoms with Gasteiger partial charge in [0, 0.05) is 24.3 Å². The molecule has 0 saturated carbocycles. The van der Waals surface area contributed by atoms with Gasteiger partial charge in [-0.2, -0.15) is 0 Å². The lowest BCUT2D eigenvalue weighted by Gasteiger charge is -2.29. The van der Waals surface area contributed by atoms with Gasteiger partial charge in [-0.25, -0.2) is 0 Å². The highest BCUT2D eigenvalue weighted by Gasteiger charge is 2.14. The van der Waals surface area contributed by atoms with Crippen LogP contribution in [0.5, 0.6) is 11.5 Å². The molecule has 1 aromatic carbocycles. The number of rotatable bonds is 7. The van der Waals surface area contributed by atoms with Crippen LogP contribution in [-0.2, 0) is 4.79 Å². The molecule has 5 nitrogen and oxygen atoms in total. The highest BCUT2D eigenvalue weighted by Crippen LogP contribution is 2.32. The van der Waals surface area contributed by atoms with Crippen LogP contribution in [0.25, 0.3) is 0 Å². The van der Waals surface area contributed by atoms with Crippen molar-refractivity contribution in [3.8, 4) is 11.5 Å². The molecule has 0 atom stereocenters. The molecule has 0 bridgehead atoms. The smallest absolute Gasteiger partial charge is 0.305 e. The lowest BCUT2D eigenvalue weighted by Crippen LogP contribution is -2.32. The summed E-state index contributed by atoms with van der Waals surface area (Å²) in [6, 6.07) is 5.80. The second-order valence-electron chi connectivity index (χ2n) is 4.47. The predicted octanol–water partition coefficient (Wildman–Crippen LogP) is 2.39. The third-order valence-corrected chi connectivity index (χ3v) is 2.89. The number of carboxylic acid groups (broad SMARTS) is 1. The summed E-state index contributed by atoms with van der Waals surface area (Å²) in [6.07, 6.45) is 0.104. The average Bonchev–Trinajstić information content (AvgIpc) is 2.37. The van der Waals surface area contributed by atoms with E-state index in [0.29, 0.717) is 18.0 Å². The summed E-state index contributed by atoms with van der Waals surface area (Å²) in [7, 11) is 3.17. The van der Waals surface area contributed by atoms with Crippen molar-refractivity contribution < 1.29 is 19.4 Å². The summed E-state index contributed by atoms with van der Waals surface area (Å²) in [5.74, 6) is 0.500. The molecule has 0 heterocycles. The van der Waals surface area contributed by atoms with Gasteiger partial charge in [-0.3, -0.25) is 4.79 Å². The molecule has 0 spiro atoms. The van der Waals surface area contributed by atoms with Gasteiger partial charge in [-0.1, -0.05) is 0 Å². The van der Waals surface area contributed by atoms with E-state index in [1.807, 2.05) is 36.9 Å². The number of hydrogen-bond donors (Lipinski definition) is 1. The molecule has 1 rings (SSSR count). The Bertz CT molecular complexity index is 431. The van der Waals surface area contributed by atoms with Gasteiger partial charge in [0.05, 0.1) is 20.6 Å². The second-order valence-corrected chi connectivity index (χ2v) is 4.47. The Kier molecular flexibility index (Phi) is 5.48. The Hall–Kier alpha value is -1.91. The molecule has 0 unspecified atom stereocenters. The molecule has 0 aromatic heterocycles. The number of hydrogen-bond acceptors (Lipinski definition) is 4. The Labute approximate surface area is 113 Å². The minimum absolute atomic E-state index is 0.104. The van der Waals surface area contributed by atoms with E-state index in [1.165, 1.54) is 0 Å². The van der Waals surface area contributed by atoms with Crippen molar-refractivity contribution in [1.29, 1.82) is 0 Å². The first-order valence-corrected chi connectivity index (χ1v) is 6.20. The number of benzene rings is 1. The van der Waals surface area contributed by atoms with Crippen LogP contribution < -0.4 is 14.4 Å². The van der Waals surface area contributed by atoms with Gasteiger partial charge < -0.3 is 19.5 Å². The van der Waals surface area contributed by atoms with E-state index in [1.54, 1.807) is 14.2 Å². The maximum Gasteiger partial charge on any atom is 0.305 e. The minimum Gasteiger partial charge on any atom is -0.493 e. The number of ether oxygens (including phenoxy) is 2. The first-order valence-electron chi connectivity index (χ1n) is 6.20. The molecule has 0 saturated heterocycles. The molecule has 0 aliphatic carbocycles. The van der Waals surface area contributed by atoms with Crippen molar-refractivity contribution in [2.45, 2.75) is 26.3 Å². The van der Waals surface area contributed by atoms with E-state index in [4.69, 9.17) is 14.6 Å². The molecule has 0 aliphatic rings. The number of methoxy groups -OCH3 is 2. The maximum atomic E-state index is 10.7. The van der Waals surface area contributed by atoms with Crippen LogP contribution in [0, 0.1) is 0 Å². The Morgan fingerprint density at radius 1 is 1.26 bits per heavy atom. The van der Waals surface area contributed by atoms with Crippen LogP contribution >= 0.6 is 0 Å². The monoisotopic (exact) mass is 267 g/mol. The second kappa shape index (κ2) is 6.87. The summed E-state index contributed by atoms with van der Waals surface area (Å²) in [6.45, 7) is 4.51. The third-order valence-electron chi connectivity index (χ3n) is 2.89. The molecule has 0 radical (unpaired) electrons. The van der Waals surface area contributed by atoms with Gasteiger partial charge >= 0.3 is 5.97 Å². The van der Waals surface area contributed by atoms with E-state index in [9.17, 15) is 4.79 Å². The fourth-order valence-electron chi connectivity index (χ4n) is 1.91. The summed E-state index contributed by atoms with van der Waals surface area (Å²) in [5, 5.41) is 8.80. The normalized spacial score (nSPS) is 10.4. The van der Waals surface area contributed by atoms with Crippen molar-refractivity contribution in [1.82, 2.24) is 0 Å². The van der Waals surface area contributed by atoms with Gasteiger partial charge in [0.1, 0.15) is 0 Å². The van der Waals surface area contributed by atoms with Crippen LogP contribution in [-0.4, -0.2) is 37.9 Å². The van der Waals surface area contributed by atoms with E-state index in [2.05, 4.69) is 0 Å². The van der Waals surface area contributed by atoms with Crippen molar-refractivity contribution in [3.05, 3.63) is 18.2 Å². The Balaban J connectivity index is 2.99. The standard InChI is InChI=1S/C14H21NO4/c1-10(2)15(8-7-14(16)17)11-5-6-12(18-3)13(9-11)19-4/h5-6,9-10H,7-8H2,1-4H3,(H,16,17). The van der Waals surface area contributed by atoms with Crippen molar-refractivity contribution in [2.75, 3.05) is 25.7 Å². The number of aliphatic carboxylic acids is 1. The van der Waals surface area contributed by atoms with Gasteiger partial charge in [-0.15, -0.1) is 0 Å². The zero-order valence-electron chi connectivity index (χ0n) is 11.8. The number of anilines is 1. The molecule has 5 heteroatoms. The molecule has 0 fully saturated rings. The third kappa shape index (κ3) is 4.05. The fourth-order valence-corrected chi connectivity index (χ4v) is 1.91. The minimum atomic E-state index is -0.800. The van der Waals surface area contributed by atoms with E-state index >= 15 is 0 Å². The first kappa shape index (κ1) is 15.1. The summed E-state index contributed by atoms with van der Waals surface area (Å²) < 4.78 is 10.5. The SMILES string of the molecule is COc1ccc(N(CCC(=O)O)C(C)C)cc1OC. The molecule has 19 heavy (non-hydrogen) atoms. The summed E-state index contributed by atoms with van der Waals surface area (Å²) in [4.78, 5) is 12.7. The van der Waals surface area contributed by atoms with Gasteiger partial charge in [0.15, 0.2) is 11.5 Å². The molecule has 1 aromatic rings. The number of nitrogens with zero attached hydrogens (tertiary/aromatic N) is 1. The van der Waals surface area contributed by atoms with Crippen molar-refractivity contribution in [3.63, 3.8) is 0 Å². The van der Waals surface area contributed by atoms with Crippen LogP contribution in [0.2, 0.25) is 0 Å². The van der Waals surface area contributed by atoms with Crippen LogP contribution in [0.15, 0.2) is 18.2 Å². The highest BCUT2D eigenvalue weighted by molar-refractivity contribution is 5.68. The zero-order chi connectivity index (χ0) is 14.4. The molecule has 1 N–H and O–H groups in total. The van der Waals surface area contributed by atoms with Crippen LogP contribution in [0.3, 0.4) is 0 Å². The zero-order valence-corrected chi connectivity index (χ0v) is 11.8. The van der Waals surface area contributed by atoms with Gasteiger partial charge in [0.25, 0.3) is 0 Å². The lowest BCUT2D eigenvalue weighted by molar-refractivity contribution is -0.136. The van der Waals surface area contributed by atoms with E-state index in [0.717, 1.165) is 5.69 Å². The molecule has 0 amide bonds. The fraction of sp³-hybridized carbons (Fsp3) is 0.500. The summed E-state index contributed by atoms with van der Waals surface area (Å²) >= 11 is 0. The Morgan fingerprint density at radius 3 is 2.37 bits per heavy atom. The van der Waals surface area contributed by atoms with Crippen LogP contribution in [0.1, 0.15) is 20.3 Å². The molecular formula is C14H21NO4. The maximum absolute atomic E-state index is 10.7. The largest absolute Gasteiger partial charge is 0.493 e. The number of carbonyl (C=O) groups is 1. The molecule has 106 valence electrons. The topological polar surface area (TPSA) is 59.0 Å². The van der Waals surface area contributed by atoms with Crippen molar-refractivity contribution >= 4 is 11.7 Å². The predicted molar refractivity (Wildman–Crippen MR) is 74.3 cm³/mol. The van der Waals surface area contributed by atoms with Crippen molar-refractivity contribution in [2.24, 2.45) is 0 Å². The molecular weight excluding hydrogens is 246 g/mol. The average molecular weight is 267 g/mol. The van der Waals surface area contributed by atoms with Gasteiger partial charge in [-0.05, 0) is 26.0 Å². The number of carboxylic acids is 1. The quantitative estimate of drug-likeness (QED) is 0.822.